The van der Waals surface area contributed by atoms with Crippen LogP contribution in [0.1, 0.15) is 126 Å². The number of fused-ring (bicyclic) bond motifs is 4. The molecule has 432 valence electrons. The molecule has 0 spiro atoms. The molecule has 0 unspecified atom stereocenters. The minimum Gasteiger partial charge on any atom is -0.310 e. The average Bonchev–Trinajstić information content (AvgIpc) is 1.61. The van der Waals surface area contributed by atoms with E-state index >= 15 is 0 Å². The van der Waals surface area contributed by atoms with Crippen molar-refractivity contribution in [2.24, 2.45) is 0 Å². The maximum Gasteiger partial charge on any atom is 0.0465 e. The van der Waals surface area contributed by atoms with E-state index in [9.17, 15) is 0 Å². The van der Waals surface area contributed by atoms with Crippen LogP contribution in [0.25, 0.3) is 66.8 Å². The monoisotopic (exact) mass is 1130 g/mol. The van der Waals surface area contributed by atoms with E-state index in [0.717, 1.165) is 35.6 Å². The fourth-order valence-corrected chi connectivity index (χ4v) is 14.1. The predicted molar refractivity (Wildman–Crippen MR) is 373 cm³/mol. The lowest BCUT2D eigenvalue weighted by molar-refractivity contribution is 0.398. The van der Waals surface area contributed by atoms with Gasteiger partial charge in [0, 0.05) is 39.5 Å². The van der Waals surface area contributed by atoms with Gasteiger partial charge in [0.05, 0.1) is 0 Å². The highest BCUT2D eigenvalue weighted by Gasteiger charge is 2.42. The predicted octanol–water partition coefficient (Wildman–Crippen LogP) is 24.8. The Bertz CT molecular complexity index is 4030. The summed E-state index contributed by atoms with van der Waals surface area (Å²) in [6.07, 6.45) is 20.4. The number of hydrogen-bond acceptors (Lipinski definition) is 2. The molecular formula is C85H82N2. The highest BCUT2D eigenvalue weighted by atomic mass is 15.1. The van der Waals surface area contributed by atoms with Crippen LogP contribution < -0.4 is 9.80 Å². The summed E-state index contributed by atoms with van der Waals surface area (Å²) in [5, 5.41) is 0. The summed E-state index contributed by atoms with van der Waals surface area (Å²) >= 11 is 0. The van der Waals surface area contributed by atoms with Crippen LogP contribution in [0.3, 0.4) is 0 Å². The molecule has 2 heteroatoms. The van der Waals surface area contributed by atoms with Crippen molar-refractivity contribution in [1.29, 1.82) is 0 Å². The van der Waals surface area contributed by atoms with E-state index in [1.807, 2.05) is 0 Å². The van der Waals surface area contributed by atoms with E-state index in [1.165, 1.54) is 185 Å². The Morgan fingerprint density at radius 2 is 0.598 bits per heavy atom. The lowest BCUT2D eigenvalue weighted by Gasteiger charge is -2.34. The van der Waals surface area contributed by atoms with E-state index < -0.39 is 0 Å². The van der Waals surface area contributed by atoms with Gasteiger partial charge in [0.25, 0.3) is 0 Å². The second kappa shape index (κ2) is 26.7. The van der Waals surface area contributed by atoms with Crippen LogP contribution in [0.2, 0.25) is 0 Å². The molecule has 0 aromatic heterocycles. The zero-order valence-electron chi connectivity index (χ0n) is 51.1. The van der Waals surface area contributed by atoms with Crippen molar-refractivity contribution < 1.29 is 0 Å². The second-order valence-electron chi connectivity index (χ2n) is 24.6. The third-order valence-corrected chi connectivity index (χ3v) is 19.0. The maximum atomic E-state index is 2.60. The molecule has 0 atom stereocenters. The first-order valence-electron chi connectivity index (χ1n) is 32.7. The van der Waals surface area contributed by atoms with Crippen LogP contribution in [0, 0.1) is 0 Å². The van der Waals surface area contributed by atoms with Crippen molar-refractivity contribution in [3.8, 4) is 66.8 Å². The summed E-state index contributed by atoms with van der Waals surface area (Å²) in [7, 11) is 0. The first kappa shape index (κ1) is 57.1. The molecule has 0 aliphatic heterocycles. The third-order valence-electron chi connectivity index (χ3n) is 19.0. The Morgan fingerprint density at radius 1 is 0.253 bits per heavy atom. The smallest absolute Gasteiger partial charge is 0.0465 e. The number of unbranched alkanes of at least 4 members (excludes halogenated alkanes) is 10. The van der Waals surface area contributed by atoms with Crippen LogP contribution in [0.4, 0.5) is 34.1 Å². The Balaban J connectivity index is 0.804. The van der Waals surface area contributed by atoms with Gasteiger partial charge in [-0.15, -0.1) is 0 Å². The van der Waals surface area contributed by atoms with Crippen LogP contribution in [0.5, 0.6) is 0 Å². The zero-order valence-corrected chi connectivity index (χ0v) is 51.1. The van der Waals surface area contributed by atoms with Crippen LogP contribution in [0.15, 0.2) is 267 Å². The summed E-state index contributed by atoms with van der Waals surface area (Å²) in [5.41, 5.74) is 27.9. The summed E-state index contributed by atoms with van der Waals surface area (Å²) in [6.45, 7) is 4.65. The molecule has 11 aromatic carbocycles. The van der Waals surface area contributed by atoms with Crippen molar-refractivity contribution in [2.45, 2.75) is 122 Å². The third kappa shape index (κ3) is 12.4. The van der Waals surface area contributed by atoms with Gasteiger partial charge in [-0.3, -0.25) is 0 Å². The number of benzene rings is 11. The molecule has 0 amide bonds. The quantitative estimate of drug-likeness (QED) is 0.0526. The van der Waals surface area contributed by atoms with Gasteiger partial charge >= 0.3 is 0 Å². The molecule has 13 rings (SSSR count). The molecule has 2 aliphatic carbocycles. The van der Waals surface area contributed by atoms with Crippen molar-refractivity contribution >= 4 is 34.1 Å². The lowest BCUT2D eigenvalue weighted by Crippen LogP contribution is -2.26. The fourth-order valence-electron chi connectivity index (χ4n) is 14.1. The molecule has 2 nitrogen and oxygen atoms in total. The van der Waals surface area contributed by atoms with Gasteiger partial charge in [0.1, 0.15) is 0 Å². The SMILES string of the molecule is CCCCCCCCC1(CCCCCCCC)c2ccccc2-c2ccc(N(c3ccc(-c4ccccc4)cc3)c3ccc(-c4cccc(-c5ccc(N(c6ccc(-c7cccc(-c8ccccc8)c7)cc6)c6ccc7c(c6)CC7)cc5)c4)cc3)cc21. The highest BCUT2D eigenvalue weighted by Crippen LogP contribution is 2.56. The van der Waals surface area contributed by atoms with E-state index in [4.69, 9.17) is 0 Å². The molecule has 0 bridgehead atoms. The van der Waals surface area contributed by atoms with E-state index in [-0.39, 0.29) is 5.41 Å². The molecule has 0 radical (unpaired) electrons. The van der Waals surface area contributed by atoms with Crippen molar-refractivity contribution in [1.82, 2.24) is 0 Å². The van der Waals surface area contributed by atoms with Crippen LogP contribution in [-0.4, -0.2) is 0 Å². The zero-order chi connectivity index (χ0) is 58.8. The molecule has 0 heterocycles. The Morgan fingerprint density at radius 3 is 1.05 bits per heavy atom. The normalized spacial score (nSPS) is 12.7. The first-order valence-corrected chi connectivity index (χ1v) is 32.7. The van der Waals surface area contributed by atoms with Gasteiger partial charge in [-0.05, 0) is 200 Å². The Hall–Kier alpha value is -8.98. The van der Waals surface area contributed by atoms with E-state index in [0.29, 0.717) is 0 Å². The molecule has 87 heavy (non-hydrogen) atoms. The lowest BCUT2D eigenvalue weighted by atomic mass is 9.70. The van der Waals surface area contributed by atoms with Crippen LogP contribution >= 0.6 is 0 Å². The summed E-state index contributed by atoms with van der Waals surface area (Å²) in [5.74, 6) is 0. The molecule has 2 aliphatic rings. The van der Waals surface area contributed by atoms with Crippen molar-refractivity contribution in [3.63, 3.8) is 0 Å². The largest absolute Gasteiger partial charge is 0.310 e. The number of hydrogen-bond donors (Lipinski definition) is 0. The molecular weight excluding hydrogens is 1050 g/mol. The molecule has 0 N–H and O–H groups in total. The first-order chi connectivity index (χ1) is 43.0. The van der Waals surface area contributed by atoms with Crippen molar-refractivity contribution in [3.05, 3.63) is 289 Å². The molecule has 11 aromatic rings. The van der Waals surface area contributed by atoms with Gasteiger partial charge < -0.3 is 9.80 Å². The minimum atomic E-state index is -0.0129. The summed E-state index contributed by atoms with van der Waals surface area (Å²) in [4.78, 5) is 4.92. The second-order valence-corrected chi connectivity index (χ2v) is 24.6. The minimum absolute atomic E-state index is 0.0129. The standard InChI is InChI=1S/C85H82N2/c1-3-5-7-9-11-21-57-85(58-22-12-10-8-6-4-2)83-34-20-19-33-81(83)82-56-55-80(62-84(82)85)87(77-46-37-65(38-47-77)63-25-15-13-16-26-63)78-52-43-69(44-53-78)73-32-24-31-72(60-73)68-41-50-76(51-42-68)86(79-54-45-66-35-36-74(66)61-79)75-48-39-67(40-49-75)71-30-23-29-70(59-71)64-27-17-14-18-28-64/h13-20,23-34,37-56,59-62H,3-12,21-22,35-36,57-58H2,1-2H3. The topological polar surface area (TPSA) is 6.48 Å². The molecule has 0 saturated carbocycles. The van der Waals surface area contributed by atoms with Gasteiger partial charge in [-0.2, -0.15) is 0 Å². The molecule has 0 saturated heterocycles. The van der Waals surface area contributed by atoms with Crippen molar-refractivity contribution in [2.75, 3.05) is 9.80 Å². The van der Waals surface area contributed by atoms with E-state index in [1.54, 1.807) is 5.56 Å². The number of anilines is 6. The van der Waals surface area contributed by atoms with Gasteiger partial charge in [-0.25, -0.2) is 0 Å². The number of aryl methyl sites for hydroxylation is 2. The Labute approximate surface area is 518 Å². The maximum absolute atomic E-state index is 2.60. The van der Waals surface area contributed by atoms with E-state index in [2.05, 4.69) is 291 Å². The van der Waals surface area contributed by atoms with Gasteiger partial charge in [0.15, 0.2) is 0 Å². The number of rotatable bonds is 25. The molecule has 0 fully saturated rings. The summed E-state index contributed by atoms with van der Waals surface area (Å²) < 4.78 is 0. The van der Waals surface area contributed by atoms with Crippen LogP contribution in [-0.2, 0) is 18.3 Å². The Kier molecular flexibility index (Phi) is 17.6. The average molecular weight is 1130 g/mol. The highest BCUT2D eigenvalue weighted by molar-refractivity contribution is 5.88. The number of nitrogens with zero attached hydrogens (tertiary/aromatic N) is 2. The van der Waals surface area contributed by atoms with Gasteiger partial charge in [0.2, 0.25) is 0 Å². The fraction of sp³-hybridized carbons (Fsp3) is 0.224. The van der Waals surface area contributed by atoms with Gasteiger partial charge in [-0.1, -0.05) is 273 Å². The summed E-state index contributed by atoms with van der Waals surface area (Å²) in [6, 6.07) is 100.